The number of aryl methyl sites for hydroxylation is 2. The van der Waals surface area contributed by atoms with E-state index in [1.807, 2.05) is 26.0 Å². The lowest BCUT2D eigenvalue weighted by atomic mass is 10.1. The Labute approximate surface area is 142 Å². The Morgan fingerprint density at radius 1 is 1.12 bits per heavy atom. The van der Waals surface area contributed by atoms with Gasteiger partial charge in [0.05, 0.1) is 17.1 Å². The van der Waals surface area contributed by atoms with Crippen molar-refractivity contribution in [2.45, 2.75) is 31.7 Å². The fraction of sp³-hybridized carbons (Fsp3) is 0.294. The Balaban J connectivity index is 1.82. The number of amides is 1. The van der Waals surface area contributed by atoms with Crippen LogP contribution in [0.15, 0.2) is 47.5 Å². The van der Waals surface area contributed by atoms with E-state index in [1.54, 1.807) is 30.5 Å². The Morgan fingerprint density at radius 3 is 2.58 bits per heavy atom. The summed E-state index contributed by atoms with van der Waals surface area (Å²) in [7, 11) is -3.60. The molecular weight excluding hydrogens is 326 g/mol. The molecule has 2 rings (SSSR count). The number of nitrogens with one attached hydrogen (secondary N) is 2. The molecule has 1 aromatic carbocycles. The first-order chi connectivity index (χ1) is 11.4. The summed E-state index contributed by atoms with van der Waals surface area (Å²) >= 11 is 0. The smallest absolute Gasteiger partial charge is 0.240 e. The number of sulfonamides is 1. The average molecular weight is 347 g/mol. The molecule has 2 N–H and O–H groups in total. The van der Waals surface area contributed by atoms with E-state index in [0.29, 0.717) is 6.54 Å². The number of hydrogen-bond donors (Lipinski definition) is 2. The van der Waals surface area contributed by atoms with Crippen LogP contribution in [0.5, 0.6) is 0 Å². The summed E-state index contributed by atoms with van der Waals surface area (Å²) in [5.74, 6) is -0.233. The summed E-state index contributed by atoms with van der Waals surface area (Å²) in [6, 6.07) is 10.4. The third-order valence-electron chi connectivity index (χ3n) is 3.63. The predicted molar refractivity (Wildman–Crippen MR) is 91.8 cm³/mol. The molecule has 0 aliphatic rings. The summed E-state index contributed by atoms with van der Waals surface area (Å²) in [5, 5.41) is 2.71. The molecule has 1 amide bonds. The topological polar surface area (TPSA) is 88.2 Å². The molecule has 128 valence electrons. The number of aromatic nitrogens is 1. The van der Waals surface area contributed by atoms with Crippen LogP contribution in [0.25, 0.3) is 0 Å². The first-order valence-electron chi connectivity index (χ1n) is 7.62. The second kappa shape index (κ2) is 8.03. The minimum Gasteiger partial charge on any atom is -0.350 e. The van der Waals surface area contributed by atoms with Gasteiger partial charge in [-0.05, 0) is 49.2 Å². The maximum atomic E-state index is 12.2. The molecule has 7 heteroatoms. The van der Waals surface area contributed by atoms with E-state index < -0.39 is 10.0 Å². The third kappa shape index (κ3) is 5.14. The zero-order chi connectivity index (χ0) is 17.6. The molecule has 0 saturated carbocycles. The van der Waals surface area contributed by atoms with Gasteiger partial charge in [-0.1, -0.05) is 12.1 Å². The summed E-state index contributed by atoms with van der Waals surface area (Å²) in [6.45, 7) is 4.15. The van der Waals surface area contributed by atoms with Gasteiger partial charge in [0, 0.05) is 19.2 Å². The SMILES string of the molecule is Cc1ccc(S(=O)(=O)NCCC(=O)NCc2ccccn2)cc1C. The van der Waals surface area contributed by atoms with Crippen molar-refractivity contribution in [2.75, 3.05) is 6.54 Å². The van der Waals surface area contributed by atoms with Crippen molar-refractivity contribution in [1.82, 2.24) is 15.0 Å². The molecule has 0 aliphatic carbocycles. The van der Waals surface area contributed by atoms with Crippen LogP contribution in [0.2, 0.25) is 0 Å². The van der Waals surface area contributed by atoms with Gasteiger partial charge in [0.2, 0.25) is 15.9 Å². The molecule has 24 heavy (non-hydrogen) atoms. The molecule has 6 nitrogen and oxygen atoms in total. The number of hydrogen-bond acceptors (Lipinski definition) is 4. The van der Waals surface area contributed by atoms with Crippen LogP contribution in [0.1, 0.15) is 23.2 Å². The molecule has 0 unspecified atom stereocenters. The number of benzene rings is 1. The highest BCUT2D eigenvalue weighted by Crippen LogP contribution is 2.14. The molecule has 0 aliphatic heterocycles. The number of pyridine rings is 1. The van der Waals surface area contributed by atoms with Gasteiger partial charge >= 0.3 is 0 Å². The zero-order valence-corrected chi connectivity index (χ0v) is 14.6. The van der Waals surface area contributed by atoms with Gasteiger partial charge in [0.15, 0.2) is 0 Å². The van der Waals surface area contributed by atoms with E-state index in [2.05, 4.69) is 15.0 Å². The first-order valence-corrected chi connectivity index (χ1v) is 9.10. The fourth-order valence-corrected chi connectivity index (χ4v) is 3.16. The number of nitrogens with zero attached hydrogens (tertiary/aromatic N) is 1. The summed E-state index contributed by atoms with van der Waals surface area (Å²) < 4.78 is 26.9. The number of carbonyl (C=O) groups is 1. The number of carbonyl (C=O) groups excluding carboxylic acids is 1. The zero-order valence-electron chi connectivity index (χ0n) is 13.7. The molecule has 0 bridgehead atoms. The van der Waals surface area contributed by atoms with Crippen molar-refractivity contribution < 1.29 is 13.2 Å². The quantitative estimate of drug-likeness (QED) is 0.798. The van der Waals surface area contributed by atoms with Crippen LogP contribution in [-0.2, 0) is 21.4 Å². The van der Waals surface area contributed by atoms with Gasteiger partial charge in [0.25, 0.3) is 0 Å². The highest BCUT2D eigenvalue weighted by molar-refractivity contribution is 7.89. The van der Waals surface area contributed by atoms with E-state index in [-0.39, 0.29) is 23.8 Å². The van der Waals surface area contributed by atoms with Crippen molar-refractivity contribution in [3.8, 4) is 0 Å². The van der Waals surface area contributed by atoms with Crippen LogP contribution in [0.4, 0.5) is 0 Å². The minimum absolute atomic E-state index is 0.0449. The van der Waals surface area contributed by atoms with E-state index >= 15 is 0 Å². The Morgan fingerprint density at radius 2 is 1.92 bits per heavy atom. The Hall–Kier alpha value is -2.25. The van der Waals surface area contributed by atoms with Gasteiger partial charge in [-0.15, -0.1) is 0 Å². The molecule has 0 saturated heterocycles. The van der Waals surface area contributed by atoms with Gasteiger partial charge in [0.1, 0.15) is 0 Å². The molecule has 0 radical (unpaired) electrons. The molecule has 0 fully saturated rings. The van der Waals surface area contributed by atoms with Crippen LogP contribution in [0, 0.1) is 13.8 Å². The van der Waals surface area contributed by atoms with Crippen LogP contribution in [-0.4, -0.2) is 25.9 Å². The molecular formula is C17H21N3O3S. The molecule has 0 spiro atoms. The van der Waals surface area contributed by atoms with E-state index in [9.17, 15) is 13.2 Å². The van der Waals surface area contributed by atoms with Gasteiger partial charge in [-0.2, -0.15) is 0 Å². The minimum atomic E-state index is -3.60. The van der Waals surface area contributed by atoms with E-state index in [4.69, 9.17) is 0 Å². The standard InChI is InChI=1S/C17H21N3O3S/c1-13-6-7-16(11-14(13)2)24(22,23)20-10-8-17(21)19-12-15-5-3-4-9-18-15/h3-7,9,11,20H,8,10,12H2,1-2H3,(H,19,21). The molecule has 1 heterocycles. The maximum absolute atomic E-state index is 12.2. The molecule has 2 aromatic rings. The van der Waals surface area contributed by atoms with Gasteiger partial charge < -0.3 is 5.32 Å². The fourth-order valence-electron chi connectivity index (χ4n) is 2.04. The van der Waals surface area contributed by atoms with Crippen molar-refractivity contribution in [1.29, 1.82) is 0 Å². The second-order valence-electron chi connectivity index (χ2n) is 5.49. The Kier molecular flexibility index (Phi) is 6.05. The predicted octanol–water partition coefficient (Wildman–Crippen LogP) is 1.68. The normalized spacial score (nSPS) is 11.2. The van der Waals surface area contributed by atoms with Crippen LogP contribution in [0.3, 0.4) is 0 Å². The van der Waals surface area contributed by atoms with Crippen LogP contribution >= 0.6 is 0 Å². The van der Waals surface area contributed by atoms with E-state index in [0.717, 1.165) is 16.8 Å². The average Bonchev–Trinajstić information content (AvgIpc) is 2.56. The third-order valence-corrected chi connectivity index (χ3v) is 5.08. The lowest BCUT2D eigenvalue weighted by Crippen LogP contribution is -2.30. The van der Waals surface area contributed by atoms with Crippen molar-refractivity contribution in [2.24, 2.45) is 0 Å². The monoisotopic (exact) mass is 347 g/mol. The van der Waals surface area contributed by atoms with Crippen molar-refractivity contribution in [3.05, 3.63) is 59.4 Å². The summed E-state index contributed by atoms with van der Waals surface area (Å²) in [5.41, 5.74) is 2.69. The van der Waals surface area contributed by atoms with Crippen LogP contribution < -0.4 is 10.0 Å². The first kappa shape index (κ1) is 18.1. The lowest BCUT2D eigenvalue weighted by molar-refractivity contribution is -0.121. The largest absolute Gasteiger partial charge is 0.350 e. The molecule has 0 atom stereocenters. The summed E-state index contributed by atoms with van der Waals surface area (Å²) in [6.07, 6.45) is 1.72. The maximum Gasteiger partial charge on any atom is 0.240 e. The summed E-state index contributed by atoms with van der Waals surface area (Å²) in [4.78, 5) is 16.1. The highest BCUT2D eigenvalue weighted by atomic mass is 32.2. The van der Waals surface area contributed by atoms with Gasteiger partial charge in [-0.3, -0.25) is 9.78 Å². The second-order valence-corrected chi connectivity index (χ2v) is 7.26. The molecule has 1 aromatic heterocycles. The Bertz CT molecular complexity index is 805. The lowest BCUT2D eigenvalue weighted by Gasteiger charge is -2.09. The van der Waals surface area contributed by atoms with E-state index in [1.165, 1.54) is 0 Å². The highest BCUT2D eigenvalue weighted by Gasteiger charge is 2.14. The van der Waals surface area contributed by atoms with Crippen molar-refractivity contribution >= 4 is 15.9 Å². The number of rotatable bonds is 7. The van der Waals surface area contributed by atoms with Gasteiger partial charge in [-0.25, -0.2) is 13.1 Å². The van der Waals surface area contributed by atoms with Crippen molar-refractivity contribution in [3.63, 3.8) is 0 Å².